The molecule has 6 heteroatoms. The molecule has 0 bridgehead atoms. The van der Waals surface area contributed by atoms with Crippen molar-refractivity contribution in [3.05, 3.63) is 105 Å². The fourth-order valence-corrected chi connectivity index (χ4v) is 16.7. The molecule has 0 atom stereocenters. The third-order valence-electron chi connectivity index (χ3n) is 8.87. The zero-order valence-electron chi connectivity index (χ0n) is 25.9. The van der Waals surface area contributed by atoms with Gasteiger partial charge in [-0.3, -0.25) is 0 Å². The van der Waals surface area contributed by atoms with Crippen LogP contribution in [0.1, 0.15) is 49.9 Å². The fraction of sp³-hybridized carbons (Fsp3) is 0.353. The summed E-state index contributed by atoms with van der Waals surface area (Å²) in [6, 6.07) is 24.7. The van der Waals surface area contributed by atoms with Crippen molar-refractivity contribution in [1.82, 2.24) is 0 Å². The minimum atomic E-state index is -2.63. The molecule has 0 amide bonds. The molecule has 40 heavy (non-hydrogen) atoms. The van der Waals surface area contributed by atoms with Gasteiger partial charge in [0.1, 0.15) is 0 Å². The summed E-state index contributed by atoms with van der Waals surface area (Å²) in [6.07, 6.45) is 0. The number of benzene rings is 3. The summed E-state index contributed by atoms with van der Waals surface area (Å²) in [7, 11) is -4.04. The van der Waals surface area contributed by atoms with E-state index in [0.29, 0.717) is 0 Å². The van der Waals surface area contributed by atoms with Gasteiger partial charge in [0.15, 0.2) is 0 Å². The molecule has 3 aromatic rings. The van der Waals surface area contributed by atoms with Gasteiger partial charge in [-0.1, -0.05) is 0 Å². The molecule has 4 rings (SSSR count). The van der Waals surface area contributed by atoms with Crippen molar-refractivity contribution in [2.45, 2.75) is 78.4 Å². The maximum atomic E-state index is 2.58. The molecule has 0 radical (unpaired) electrons. The average Bonchev–Trinajstić information content (AvgIpc) is 2.94. The van der Waals surface area contributed by atoms with E-state index in [9.17, 15) is 0 Å². The Balaban J connectivity index is 0.00000267. The van der Waals surface area contributed by atoms with E-state index >= 15 is 0 Å². The van der Waals surface area contributed by atoms with Crippen LogP contribution in [0, 0.1) is 27.7 Å². The zero-order chi connectivity index (χ0) is 27.5. The van der Waals surface area contributed by atoms with Crippen LogP contribution in [0.3, 0.4) is 0 Å². The van der Waals surface area contributed by atoms with Gasteiger partial charge in [0.2, 0.25) is 0 Å². The number of hydrogen-bond acceptors (Lipinski definition) is 0. The molecule has 3 aromatic carbocycles. The van der Waals surface area contributed by atoms with Gasteiger partial charge in [-0.25, -0.2) is 0 Å². The first-order valence-corrected chi connectivity index (χ1v) is 19.8. The third-order valence-corrected chi connectivity index (χ3v) is 19.2. The molecule has 0 unspecified atom stereocenters. The van der Waals surface area contributed by atoms with Crippen molar-refractivity contribution >= 4 is 36.9 Å². The van der Waals surface area contributed by atoms with E-state index in [4.69, 9.17) is 0 Å². The predicted octanol–water partition coefficient (Wildman–Crippen LogP) is -2.12. The van der Waals surface area contributed by atoms with Gasteiger partial charge in [0.05, 0.1) is 0 Å². The van der Waals surface area contributed by atoms with Crippen LogP contribution in [0.4, 0.5) is 0 Å². The van der Waals surface area contributed by atoms with Crippen LogP contribution in [0.25, 0.3) is 0 Å². The molecule has 0 saturated carbocycles. The summed E-state index contributed by atoms with van der Waals surface area (Å²) in [4.78, 5) is 0. The van der Waals surface area contributed by atoms with Crippen molar-refractivity contribution < 1.29 is 57.7 Å². The molecule has 0 fully saturated rings. The van der Waals surface area contributed by atoms with Crippen molar-refractivity contribution in [2.75, 3.05) is 0 Å². The van der Waals surface area contributed by atoms with Crippen molar-refractivity contribution in [2.24, 2.45) is 0 Å². The van der Waals surface area contributed by atoms with E-state index in [2.05, 4.69) is 156 Å². The van der Waals surface area contributed by atoms with Crippen molar-refractivity contribution in [3.8, 4) is 0 Å². The largest absolute Gasteiger partial charge is 1.00 e. The smallest absolute Gasteiger partial charge is 1.00 e. The van der Waals surface area contributed by atoms with Crippen LogP contribution in [0.2, 0.25) is 23.0 Å². The Bertz CT molecular complexity index is 1330. The average molecular weight is 662 g/mol. The first-order chi connectivity index (χ1) is 17.1. The minimum Gasteiger partial charge on any atom is -1.00 e. The summed E-state index contributed by atoms with van der Waals surface area (Å²) in [5.41, 5.74) is 11.5. The van der Waals surface area contributed by atoms with Crippen LogP contribution in [0.5, 0.6) is 0 Å². The molecule has 212 valence electrons. The Kier molecular flexibility index (Phi) is 12.3. The molecule has 0 heterocycles. The SMILES string of the molecule is CC1=C(C)[C]([Ti+3])([Si](c2ccc([Si](C)(C)C)cc2)(c2cc(C)cc(C)c2)c2cc(C)cc(C)c2)C(C)=C1C.[Cl-].[Cl-].[Cl-]. The zero-order valence-corrected chi connectivity index (χ0v) is 31.7. The van der Waals surface area contributed by atoms with Crippen LogP contribution < -0.4 is 58.0 Å². The molecule has 0 nitrogen and oxygen atoms in total. The van der Waals surface area contributed by atoms with Gasteiger partial charge in [0, 0.05) is 0 Å². The Morgan fingerprint density at radius 1 is 0.475 bits per heavy atom. The van der Waals surface area contributed by atoms with E-state index < -0.39 is 16.1 Å². The summed E-state index contributed by atoms with van der Waals surface area (Å²) in [5.74, 6) is 0. The van der Waals surface area contributed by atoms with Crippen LogP contribution >= 0.6 is 0 Å². The quantitative estimate of drug-likeness (QED) is 0.217. The Morgan fingerprint density at radius 2 is 0.775 bits per heavy atom. The van der Waals surface area contributed by atoms with Gasteiger partial charge in [0.25, 0.3) is 0 Å². The Morgan fingerprint density at radius 3 is 1.07 bits per heavy atom. The summed E-state index contributed by atoms with van der Waals surface area (Å²) >= 11 is 2.58. The number of halogens is 3. The molecule has 0 N–H and O–H groups in total. The van der Waals surface area contributed by atoms with Crippen LogP contribution in [-0.4, -0.2) is 16.1 Å². The first kappa shape index (κ1) is 37.2. The molecule has 0 saturated heterocycles. The minimum absolute atomic E-state index is 0. The predicted molar refractivity (Wildman–Crippen MR) is 165 cm³/mol. The second kappa shape index (κ2) is 13.2. The molecular formula is C34H43Cl3Si2Ti. The topological polar surface area (TPSA) is 0 Å². The van der Waals surface area contributed by atoms with E-state index in [1.54, 1.807) is 11.1 Å². The van der Waals surface area contributed by atoms with E-state index in [0.717, 1.165) is 0 Å². The standard InChI is InChI=1S/C34H43Si2.3ClH.Ti/c1-22-16-23(2)19-32(18-22)36(33-20-24(3)17-25(4)21-33,34-28(7)26(5)27(6)29(34)8)31-14-12-30(13-15-31)35(9,10)11;;;;/h12-21H,1-11H3;3*1H;/q;;;;+3/p-3. The molecular weight excluding hydrogens is 619 g/mol. The molecule has 0 aromatic heterocycles. The van der Waals surface area contributed by atoms with E-state index in [1.165, 1.54) is 54.1 Å². The Hall–Kier alpha value is -0.842. The van der Waals surface area contributed by atoms with Gasteiger partial charge >= 0.3 is 241 Å². The first-order valence-electron chi connectivity index (χ1n) is 13.5. The van der Waals surface area contributed by atoms with Crippen LogP contribution in [-0.2, 0) is 20.4 Å². The summed E-state index contributed by atoms with van der Waals surface area (Å²) < 4.78 is -0.0672. The second-order valence-corrected chi connectivity index (χ2v) is 23.6. The number of aryl methyl sites for hydroxylation is 4. The van der Waals surface area contributed by atoms with Gasteiger partial charge in [-0.05, 0) is 0 Å². The van der Waals surface area contributed by atoms with Gasteiger partial charge in [-0.15, -0.1) is 0 Å². The van der Waals surface area contributed by atoms with Crippen LogP contribution in [0.15, 0.2) is 83.0 Å². The molecule has 1 aliphatic rings. The monoisotopic (exact) mass is 660 g/mol. The van der Waals surface area contributed by atoms with E-state index in [1.807, 2.05) is 0 Å². The number of rotatable bonds is 5. The molecule has 0 spiro atoms. The number of allylic oxidation sites excluding steroid dienone is 4. The summed E-state index contributed by atoms with van der Waals surface area (Å²) in [5, 5.41) is 6.11. The third kappa shape index (κ3) is 5.98. The van der Waals surface area contributed by atoms with Crippen molar-refractivity contribution in [3.63, 3.8) is 0 Å². The van der Waals surface area contributed by atoms with Gasteiger partial charge < -0.3 is 37.2 Å². The van der Waals surface area contributed by atoms with Crippen molar-refractivity contribution in [1.29, 1.82) is 0 Å². The molecule has 0 aliphatic heterocycles. The normalized spacial score (nSPS) is 14.9. The number of hydrogen-bond donors (Lipinski definition) is 0. The molecule has 1 aliphatic carbocycles. The maximum Gasteiger partial charge on any atom is -1.00 e. The Labute approximate surface area is 276 Å². The maximum absolute atomic E-state index is 2.63. The van der Waals surface area contributed by atoms with Gasteiger partial charge in [-0.2, -0.15) is 0 Å². The second-order valence-electron chi connectivity index (χ2n) is 12.6. The van der Waals surface area contributed by atoms with E-state index in [-0.39, 0.29) is 40.6 Å². The fourth-order valence-electron chi connectivity index (χ4n) is 6.72. The summed E-state index contributed by atoms with van der Waals surface area (Å²) in [6.45, 7) is 25.9.